The molecule has 0 bridgehead atoms. The molecule has 0 radical (unpaired) electrons. The molecule has 0 atom stereocenters. The third-order valence-corrected chi connectivity index (χ3v) is 7.43. The van der Waals surface area contributed by atoms with Crippen LogP contribution in [0.15, 0.2) is 28.7 Å². The van der Waals surface area contributed by atoms with Crippen LogP contribution in [0, 0.1) is 25.7 Å². The molecule has 6 heteroatoms. The van der Waals surface area contributed by atoms with Crippen molar-refractivity contribution >= 4 is 5.91 Å². The Balaban J connectivity index is 1.18. The number of aryl methyl sites for hydroxylation is 2. The Labute approximate surface area is 198 Å². The van der Waals surface area contributed by atoms with Gasteiger partial charge >= 0.3 is 0 Å². The van der Waals surface area contributed by atoms with Gasteiger partial charge in [-0.2, -0.15) is 0 Å². The van der Waals surface area contributed by atoms with Crippen LogP contribution in [-0.4, -0.2) is 60.0 Å². The lowest BCUT2D eigenvalue weighted by Crippen LogP contribution is -2.41. The predicted molar refractivity (Wildman–Crippen MR) is 132 cm³/mol. The zero-order valence-corrected chi connectivity index (χ0v) is 20.6. The van der Waals surface area contributed by atoms with Crippen molar-refractivity contribution in [2.75, 3.05) is 39.3 Å². The lowest BCUT2D eigenvalue weighted by atomic mass is 9.95. The Morgan fingerprint density at radius 3 is 2.48 bits per heavy atom. The van der Waals surface area contributed by atoms with E-state index in [0.717, 1.165) is 74.9 Å². The lowest BCUT2D eigenvalue weighted by Gasteiger charge is -2.31. The second kappa shape index (κ2) is 11.3. The number of carbonyl (C=O) groups excluding carboxylic acids is 1. The van der Waals surface area contributed by atoms with Gasteiger partial charge in [-0.1, -0.05) is 25.1 Å². The molecule has 4 rings (SSSR count). The zero-order chi connectivity index (χ0) is 23.2. The molecule has 1 amide bonds. The Morgan fingerprint density at radius 1 is 1.06 bits per heavy atom. The van der Waals surface area contributed by atoms with E-state index < -0.39 is 0 Å². The highest BCUT2D eigenvalue weighted by molar-refractivity contribution is 5.78. The summed E-state index contributed by atoms with van der Waals surface area (Å²) in [5.41, 5.74) is 3.22. The minimum Gasteiger partial charge on any atom is -0.441 e. The Bertz CT molecular complexity index is 909. The first kappa shape index (κ1) is 24.0. The first-order chi connectivity index (χ1) is 16.0. The molecule has 2 aromatic rings. The SMILES string of the molecule is Cc1ccccc1-c1nc(CN2CCC(C(=O)NCCCN3CCC(C)CC3)CC2)c(C)o1. The molecule has 1 N–H and O–H groups in total. The van der Waals surface area contributed by atoms with Crippen molar-refractivity contribution in [2.45, 2.75) is 59.4 Å². The van der Waals surface area contributed by atoms with Gasteiger partial charge in [-0.15, -0.1) is 0 Å². The predicted octanol–water partition coefficient (Wildman–Crippen LogP) is 4.41. The van der Waals surface area contributed by atoms with Crippen molar-refractivity contribution < 1.29 is 9.21 Å². The molecule has 0 aliphatic carbocycles. The van der Waals surface area contributed by atoms with Gasteiger partial charge in [0.15, 0.2) is 0 Å². The quantitative estimate of drug-likeness (QED) is 0.601. The summed E-state index contributed by atoms with van der Waals surface area (Å²) in [6.45, 7) is 13.4. The van der Waals surface area contributed by atoms with Gasteiger partial charge in [0.1, 0.15) is 5.76 Å². The highest BCUT2D eigenvalue weighted by Crippen LogP contribution is 2.26. The summed E-state index contributed by atoms with van der Waals surface area (Å²) >= 11 is 0. The van der Waals surface area contributed by atoms with Gasteiger partial charge in [-0.25, -0.2) is 4.98 Å². The summed E-state index contributed by atoms with van der Waals surface area (Å²) in [5, 5.41) is 3.19. The number of nitrogens with one attached hydrogen (secondary N) is 1. The maximum atomic E-state index is 12.6. The van der Waals surface area contributed by atoms with Crippen molar-refractivity contribution in [3.8, 4) is 11.5 Å². The molecule has 180 valence electrons. The van der Waals surface area contributed by atoms with E-state index in [-0.39, 0.29) is 11.8 Å². The first-order valence-electron chi connectivity index (χ1n) is 12.7. The van der Waals surface area contributed by atoms with Crippen LogP contribution in [0.25, 0.3) is 11.5 Å². The second-order valence-corrected chi connectivity index (χ2v) is 10.1. The molecule has 0 spiro atoms. The third kappa shape index (κ3) is 6.45. The first-order valence-corrected chi connectivity index (χ1v) is 12.7. The van der Waals surface area contributed by atoms with Crippen molar-refractivity contribution in [1.29, 1.82) is 0 Å². The normalized spacial score (nSPS) is 19.1. The van der Waals surface area contributed by atoms with Gasteiger partial charge in [0, 0.05) is 24.6 Å². The van der Waals surface area contributed by atoms with Gasteiger partial charge in [0.2, 0.25) is 11.8 Å². The molecule has 2 fully saturated rings. The molecule has 0 unspecified atom stereocenters. The molecule has 2 aliphatic rings. The van der Waals surface area contributed by atoms with Gasteiger partial charge in [0.25, 0.3) is 0 Å². The third-order valence-electron chi connectivity index (χ3n) is 7.43. The number of hydrogen-bond acceptors (Lipinski definition) is 5. The average Bonchev–Trinajstić information content (AvgIpc) is 3.18. The molecule has 0 saturated carbocycles. The monoisotopic (exact) mass is 452 g/mol. The molecule has 6 nitrogen and oxygen atoms in total. The lowest BCUT2D eigenvalue weighted by molar-refractivity contribution is -0.126. The van der Waals surface area contributed by atoms with Crippen molar-refractivity contribution in [2.24, 2.45) is 11.8 Å². The molecular weight excluding hydrogens is 412 g/mol. The number of carbonyl (C=O) groups is 1. The number of oxazole rings is 1. The van der Waals surface area contributed by atoms with Crippen LogP contribution >= 0.6 is 0 Å². The zero-order valence-electron chi connectivity index (χ0n) is 20.6. The number of nitrogens with zero attached hydrogens (tertiary/aromatic N) is 3. The number of amides is 1. The fourth-order valence-corrected chi connectivity index (χ4v) is 5.01. The fourth-order valence-electron chi connectivity index (χ4n) is 5.01. The average molecular weight is 453 g/mol. The molecule has 1 aromatic carbocycles. The molecule has 3 heterocycles. The van der Waals surface area contributed by atoms with Crippen LogP contribution in [0.2, 0.25) is 0 Å². The number of benzene rings is 1. The van der Waals surface area contributed by atoms with E-state index in [9.17, 15) is 4.79 Å². The summed E-state index contributed by atoms with van der Waals surface area (Å²) in [6.07, 6.45) is 5.50. The standard InChI is InChI=1S/C27H40N4O2/c1-20-9-15-30(16-10-20)14-6-13-28-26(32)23-11-17-31(18-12-23)19-25-22(3)33-27(29-25)24-8-5-4-7-21(24)2/h4-5,7-8,20,23H,6,9-19H2,1-3H3,(H,28,32). The highest BCUT2D eigenvalue weighted by atomic mass is 16.4. The summed E-state index contributed by atoms with van der Waals surface area (Å²) in [5.74, 6) is 2.83. The van der Waals surface area contributed by atoms with Crippen molar-refractivity contribution in [3.63, 3.8) is 0 Å². The second-order valence-electron chi connectivity index (χ2n) is 10.1. The van der Waals surface area contributed by atoms with Crippen molar-refractivity contribution in [3.05, 3.63) is 41.3 Å². The molecule has 2 saturated heterocycles. The largest absolute Gasteiger partial charge is 0.441 e. The van der Waals surface area contributed by atoms with Crippen LogP contribution in [0.4, 0.5) is 0 Å². The van der Waals surface area contributed by atoms with E-state index in [1.807, 2.05) is 19.1 Å². The van der Waals surface area contributed by atoms with E-state index in [1.54, 1.807) is 0 Å². The van der Waals surface area contributed by atoms with E-state index in [0.29, 0.717) is 5.89 Å². The van der Waals surface area contributed by atoms with E-state index in [1.165, 1.54) is 31.5 Å². The highest BCUT2D eigenvalue weighted by Gasteiger charge is 2.26. The fraction of sp³-hybridized carbons (Fsp3) is 0.630. The number of rotatable bonds is 8. The van der Waals surface area contributed by atoms with Crippen LogP contribution < -0.4 is 5.32 Å². The van der Waals surface area contributed by atoms with Gasteiger partial charge in [0.05, 0.1) is 5.69 Å². The topological polar surface area (TPSA) is 61.6 Å². The minimum atomic E-state index is 0.137. The number of piperidine rings is 2. The molecule has 33 heavy (non-hydrogen) atoms. The summed E-state index contributed by atoms with van der Waals surface area (Å²) in [4.78, 5) is 22.4. The van der Waals surface area contributed by atoms with E-state index in [2.05, 4.69) is 41.1 Å². The van der Waals surface area contributed by atoms with Gasteiger partial charge in [-0.05, 0) is 96.2 Å². The van der Waals surface area contributed by atoms with Gasteiger partial charge in [-0.3, -0.25) is 9.69 Å². The van der Waals surface area contributed by atoms with Crippen LogP contribution in [0.3, 0.4) is 0 Å². The van der Waals surface area contributed by atoms with E-state index in [4.69, 9.17) is 9.40 Å². The summed E-state index contributed by atoms with van der Waals surface area (Å²) < 4.78 is 5.98. The van der Waals surface area contributed by atoms with Crippen LogP contribution in [0.5, 0.6) is 0 Å². The van der Waals surface area contributed by atoms with Crippen LogP contribution in [-0.2, 0) is 11.3 Å². The van der Waals surface area contributed by atoms with E-state index >= 15 is 0 Å². The van der Waals surface area contributed by atoms with Gasteiger partial charge < -0.3 is 14.6 Å². The van der Waals surface area contributed by atoms with Crippen LogP contribution in [0.1, 0.15) is 56.0 Å². The van der Waals surface area contributed by atoms with Crippen molar-refractivity contribution in [1.82, 2.24) is 20.1 Å². The number of aromatic nitrogens is 1. The Hall–Kier alpha value is -2.18. The molecule has 2 aliphatic heterocycles. The smallest absolute Gasteiger partial charge is 0.226 e. The summed E-state index contributed by atoms with van der Waals surface area (Å²) in [6, 6.07) is 8.19. The maximum Gasteiger partial charge on any atom is 0.226 e. The Morgan fingerprint density at radius 2 is 1.76 bits per heavy atom. The molecule has 1 aromatic heterocycles. The molecular formula is C27H40N4O2. The number of likely N-dealkylation sites (tertiary alicyclic amines) is 2. The summed E-state index contributed by atoms with van der Waals surface area (Å²) in [7, 11) is 0. The minimum absolute atomic E-state index is 0.137. The number of hydrogen-bond donors (Lipinski definition) is 1. The Kier molecular flexibility index (Phi) is 8.20. The maximum absolute atomic E-state index is 12.6.